The lowest BCUT2D eigenvalue weighted by Gasteiger charge is -2.22. The van der Waals surface area contributed by atoms with Crippen molar-refractivity contribution in [3.8, 4) is 16.5 Å². The number of thiophene rings is 1. The Bertz CT molecular complexity index is 866. The van der Waals surface area contributed by atoms with Crippen molar-refractivity contribution in [3.05, 3.63) is 53.5 Å². The molecule has 6 nitrogen and oxygen atoms in total. The SMILES string of the molecule is CCC(Oc1ccccc1F)C(=O)N(C)Cc1nc(-c2cccs2)no1. The van der Waals surface area contributed by atoms with Gasteiger partial charge in [-0.2, -0.15) is 4.98 Å². The molecule has 0 fully saturated rings. The van der Waals surface area contributed by atoms with Gasteiger partial charge in [0.05, 0.1) is 11.4 Å². The van der Waals surface area contributed by atoms with Crippen LogP contribution in [0.25, 0.3) is 10.7 Å². The number of ether oxygens (including phenoxy) is 1. The highest BCUT2D eigenvalue weighted by Gasteiger charge is 2.25. The van der Waals surface area contributed by atoms with Crippen molar-refractivity contribution in [2.45, 2.75) is 26.0 Å². The minimum atomic E-state index is -0.795. The second-order valence-electron chi connectivity index (χ2n) is 5.63. The third-order valence-corrected chi connectivity index (χ3v) is 4.58. The lowest BCUT2D eigenvalue weighted by Crippen LogP contribution is -2.39. The molecule has 0 N–H and O–H groups in total. The second-order valence-corrected chi connectivity index (χ2v) is 6.58. The number of benzene rings is 1. The van der Waals surface area contributed by atoms with E-state index in [9.17, 15) is 9.18 Å². The van der Waals surface area contributed by atoms with Crippen molar-refractivity contribution >= 4 is 17.2 Å². The number of rotatable bonds is 7. The Morgan fingerprint density at radius 3 is 2.85 bits per heavy atom. The van der Waals surface area contributed by atoms with Gasteiger partial charge in [-0.3, -0.25) is 4.79 Å². The third kappa shape index (κ3) is 4.08. The molecule has 1 amide bonds. The van der Waals surface area contributed by atoms with Crippen LogP contribution in [0.15, 0.2) is 46.3 Å². The molecule has 3 rings (SSSR count). The number of aromatic nitrogens is 2. The Morgan fingerprint density at radius 1 is 1.35 bits per heavy atom. The molecule has 2 heterocycles. The molecule has 0 aliphatic rings. The van der Waals surface area contributed by atoms with Crippen molar-refractivity contribution in [1.82, 2.24) is 15.0 Å². The third-order valence-electron chi connectivity index (χ3n) is 3.71. The first-order valence-corrected chi connectivity index (χ1v) is 8.99. The molecule has 8 heteroatoms. The summed E-state index contributed by atoms with van der Waals surface area (Å²) in [5, 5.41) is 5.84. The summed E-state index contributed by atoms with van der Waals surface area (Å²) in [4.78, 5) is 19.2. The molecular formula is C18H18FN3O3S. The maximum Gasteiger partial charge on any atom is 0.263 e. The lowest BCUT2D eigenvalue weighted by atomic mass is 10.2. The Balaban J connectivity index is 1.65. The normalized spacial score (nSPS) is 12.0. The van der Waals surface area contributed by atoms with Crippen molar-refractivity contribution < 1.29 is 18.4 Å². The van der Waals surface area contributed by atoms with Crippen LogP contribution in [0.1, 0.15) is 19.2 Å². The molecule has 0 saturated heterocycles. The van der Waals surface area contributed by atoms with Gasteiger partial charge in [0.15, 0.2) is 17.7 Å². The number of hydrogen-bond acceptors (Lipinski definition) is 6. The first-order valence-electron chi connectivity index (χ1n) is 8.11. The maximum atomic E-state index is 13.8. The largest absolute Gasteiger partial charge is 0.478 e. The molecule has 136 valence electrons. The van der Waals surface area contributed by atoms with Gasteiger partial charge >= 0.3 is 0 Å². The zero-order chi connectivity index (χ0) is 18.5. The number of carbonyl (C=O) groups is 1. The first kappa shape index (κ1) is 18.1. The monoisotopic (exact) mass is 375 g/mol. The number of likely N-dealkylation sites (N-methyl/N-ethyl adjacent to an activating group) is 1. The topological polar surface area (TPSA) is 68.5 Å². The highest BCUT2D eigenvalue weighted by atomic mass is 32.1. The quantitative estimate of drug-likeness (QED) is 0.629. The Hall–Kier alpha value is -2.74. The van der Waals surface area contributed by atoms with Gasteiger partial charge in [-0.15, -0.1) is 11.3 Å². The van der Waals surface area contributed by atoms with E-state index < -0.39 is 11.9 Å². The summed E-state index contributed by atoms with van der Waals surface area (Å²) < 4.78 is 24.5. The molecule has 2 aromatic heterocycles. The van der Waals surface area contributed by atoms with E-state index >= 15 is 0 Å². The second kappa shape index (κ2) is 8.09. The van der Waals surface area contributed by atoms with Crippen LogP contribution >= 0.6 is 11.3 Å². The predicted molar refractivity (Wildman–Crippen MR) is 95.2 cm³/mol. The van der Waals surface area contributed by atoms with Gasteiger partial charge < -0.3 is 14.2 Å². The summed E-state index contributed by atoms with van der Waals surface area (Å²) in [6.07, 6.45) is -0.390. The van der Waals surface area contributed by atoms with Gasteiger partial charge in [-0.05, 0) is 30.0 Å². The highest BCUT2D eigenvalue weighted by Crippen LogP contribution is 2.22. The van der Waals surface area contributed by atoms with Gasteiger partial charge in [0.1, 0.15) is 0 Å². The molecule has 0 aliphatic heterocycles. The van der Waals surface area contributed by atoms with Crippen LogP contribution in [-0.2, 0) is 11.3 Å². The number of halogens is 1. The summed E-state index contributed by atoms with van der Waals surface area (Å²) in [7, 11) is 1.62. The van der Waals surface area contributed by atoms with Gasteiger partial charge in [-0.1, -0.05) is 30.3 Å². The number of hydrogen-bond donors (Lipinski definition) is 0. The van der Waals surface area contributed by atoms with E-state index in [1.54, 1.807) is 26.1 Å². The first-order chi connectivity index (χ1) is 12.6. The van der Waals surface area contributed by atoms with E-state index in [4.69, 9.17) is 9.26 Å². The van der Waals surface area contributed by atoms with E-state index in [1.165, 1.54) is 28.4 Å². The van der Waals surface area contributed by atoms with Gasteiger partial charge in [0.25, 0.3) is 5.91 Å². The van der Waals surface area contributed by atoms with Crippen LogP contribution < -0.4 is 4.74 Å². The minimum Gasteiger partial charge on any atom is -0.478 e. The zero-order valence-corrected chi connectivity index (χ0v) is 15.2. The van der Waals surface area contributed by atoms with Crippen LogP contribution in [-0.4, -0.2) is 34.1 Å². The number of amides is 1. The van der Waals surface area contributed by atoms with Crippen LogP contribution in [0.5, 0.6) is 5.75 Å². The standard InChI is InChI=1S/C18H18FN3O3S/c1-3-13(24-14-8-5-4-7-12(14)19)18(23)22(2)11-16-20-17(21-25-16)15-9-6-10-26-15/h4-10,13H,3,11H2,1-2H3. The molecule has 0 spiro atoms. The van der Waals surface area contributed by atoms with Crippen LogP contribution in [0.2, 0.25) is 0 Å². The fourth-order valence-corrected chi connectivity index (χ4v) is 3.00. The molecule has 0 radical (unpaired) electrons. The molecule has 1 unspecified atom stereocenters. The van der Waals surface area contributed by atoms with Crippen molar-refractivity contribution in [1.29, 1.82) is 0 Å². The van der Waals surface area contributed by atoms with Crippen molar-refractivity contribution in [3.63, 3.8) is 0 Å². The van der Waals surface area contributed by atoms with Crippen LogP contribution in [0.4, 0.5) is 4.39 Å². The fraction of sp³-hybridized carbons (Fsp3) is 0.278. The van der Waals surface area contributed by atoms with E-state index in [2.05, 4.69) is 10.1 Å². The molecule has 3 aromatic rings. The van der Waals surface area contributed by atoms with E-state index in [-0.39, 0.29) is 18.2 Å². The average molecular weight is 375 g/mol. The fourth-order valence-electron chi connectivity index (χ4n) is 2.35. The molecule has 1 atom stereocenters. The number of para-hydroxylation sites is 1. The van der Waals surface area contributed by atoms with Gasteiger partial charge in [-0.25, -0.2) is 4.39 Å². The highest BCUT2D eigenvalue weighted by molar-refractivity contribution is 7.13. The number of nitrogens with zero attached hydrogens (tertiary/aromatic N) is 3. The summed E-state index contributed by atoms with van der Waals surface area (Å²) in [6.45, 7) is 1.95. The summed E-state index contributed by atoms with van der Waals surface area (Å²) in [5.41, 5.74) is 0. The maximum absolute atomic E-state index is 13.8. The van der Waals surface area contributed by atoms with Crippen LogP contribution in [0.3, 0.4) is 0 Å². The molecule has 1 aromatic carbocycles. The number of carbonyl (C=O) groups excluding carboxylic acids is 1. The van der Waals surface area contributed by atoms with Gasteiger partial charge in [0, 0.05) is 7.05 Å². The zero-order valence-electron chi connectivity index (χ0n) is 14.4. The van der Waals surface area contributed by atoms with Crippen LogP contribution in [0, 0.1) is 5.82 Å². The van der Waals surface area contributed by atoms with E-state index in [1.807, 2.05) is 17.5 Å². The van der Waals surface area contributed by atoms with Crippen molar-refractivity contribution in [2.75, 3.05) is 7.05 Å². The van der Waals surface area contributed by atoms with E-state index in [0.717, 1.165) is 4.88 Å². The average Bonchev–Trinajstić information content (AvgIpc) is 3.32. The Kier molecular flexibility index (Phi) is 5.62. The minimum absolute atomic E-state index is 0.0545. The molecule has 0 saturated carbocycles. The lowest BCUT2D eigenvalue weighted by molar-refractivity contribution is -0.138. The van der Waals surface area contributed by atoms with E-state index in [0.29, 0.717) is 18.1 Å². The molecule has 0 aliphatic carbocycles. The summed E-state index contributed by atoms with van der Waals surface area (Å²) in [5.74, 6) is 0.0832. The van der Waals surface area contributed by atoms with Gasteiger partial charge in [0.2, 0.25) is 11.7 Å². The summed E-state index contributed by atoms with van der Waals surface area (Å²) >= 11 is 1.50. The molecule has 26 heavy (non-hydrogen) atoms. The smallest absolute Gasteiger partial charge is 0.263 e. The Morgan fingerprint density at radius 2 is 2.15 bits per heavy atom. The Labute approximate surface area is 154 Å². The molecular weight excluding hydrogens is 357 g/mol. The van der Waals surface area contributed by atoms with Crippen molar-refractivity contribution in [2.24, 2.45) is 0 Å². The summed E-state index contributed by atoms with van der Waals surface area (Å²) in [6, 6.07) is 9.81. The predicted octanol–water partition coefficient (Wildman–Crippen LogP) is 3.75. The molecule has 0 bridgehead atoms.